The summed E-state index contributed by atoms with van der Waals surface area (Å²) in [6.07, 6.45) is 0.0763. The summed E-state index contributed by atoms with van der Waals surface area (Å²) in [7, 11) is 0. The topological polar surface area (TPSA) is 110 Å². The summed E-state index contributed by atoms with van der Waals surface area (Å²) in [4.78, 5) is 39.8. The monoisotopic (exact) mass is 676 g/mol. The number of hydrogen-bond donors (Lipinski definition) is 2. The summed E-state index contributed by atoms with van der Waals surface area (Å²) < 4.78 is 6.30. The lowest BCUT2D eigenvalue weighted by molar-refractivity contribution is -0.137. The zero-order valence-electron chi connectivity index (χ0n) is 30.7. The number of nitrogens with zero attached hydrogens (tertiary/aromatic N) is 1. The molecule has 0 bridgehead atoms. The fraction of sp³-hybridized carbons (Fsp3) is 0.372. The van der Waals surface area contributed by atoms with Crippen LogP contribution >= 0.6 is 0 Å². The maximum absolute atomic E-state index is 14.2. The number of ether oxygens (including phenoxy) is 1. The summed E-state index contributed by atoms with van der Waals surface area (Å²) in [5, 5.41) is 9.37. The SMILES string of the molecule is CC(C)(C)c1cc(OCc2ccc(-c3ccc(C(=O)N([C@@H](CCC(=O)O)C(N)=O)C(C)(C)Cc4ccccc4)cc3)cc2)cc(C(C)(C)C)c1. The Balaban J connectivity index is 1.54. The van der Waals surface area contributed by atoms with Crippen molar-refractivity contribution in [1.29, 1.82) is 0 Å². The Bertz CT molecular complexity index is 1750. The molecule has 4 aromatic rings. The largest absolute Gasteiger partial charge is 0.489 e. The van der Waals surface area contributed by atoms with E-state index in [1.54, 1.807) is 12.1 Å². The van der Waals surface area contributed by atoms with Gasteiger partial charge in [-0.2, -0.15) is 0 Å². The lowest BCUT2D eigenvalue weighted by atomic mass is 9.80. The van der Waals surface area contributed by atoms with Crippen LogP contribution in [0.15, 0.2) is 97.1 Å². The molecule has 0 spiro atoms. The first kappa shape index (κ1) is 37.9. The number of amides is 2. The molecular weight excluding hydrogens is 624 g/mol. The second kappa shape index (κ2) is 15.3. The van der Waals surface area contributed by atoms with E-state index in [1.165, 1.54) is 16.0 Å². The van der Waals surface area contributed by atoms with Crippen molar-refractivity contribution < 1.29 is 24.2 Å². The first-order valence-electron chi connectivity index (χ1n) is 17.2. The van der Waals surface area contributed by atoms with Crippen molar-refractivity contribution in [2.45, 2.75) is 104 Å². The van der Waals surface area contributed by atoms with Crippen LogP contribution in [-0.2, 0) is 33.4 Å². The third-order valence-electron chi connectivity index (χ3n) is 9.09. The summed E-state index contributed by atoms with van der Waals surface area (Å²) in [6, 6.07) is 30.5. The number of nitrogens with two attached hydrogens (primary N) is 1. The number of benzene rings is 4. The Kier molecular flexibility index (Phi) is 11.6. The van der Waals surface area contributed by atoms with Gasteiger partial charge in [-0.1, -0.05) is 114 Å². The molecule has 50 heavy (non-hydrogen) atoms. The van der Waals surface area contributed by atoms with E-state index < -0.39 is 23.5 Å². The molecule has 7 nitrogen and oxygen atoms in total. The second-order valence-corrected chi connectivity index (χ2v) is 15.8. The van der Waals surface area contributed by atoms with Crippen molar-refractivity contribution in [3.8, 4) is 16.9 Å². The molecule has 0 aromatic heterocycles. The highest BCUT2D eigenvalue weighted by Gasteiger charge is 2.39. The third kappa shape index (κ3) is 9.84. The van der Waals surface area contributed by atoms with Gasteiger partial charge < -0.3 is 20.5 Å². The normalized spacial score (nSPS) is 12.6. The molecule has 0 heterocycles. The zero-order valence-corrected chi connectivity index (χ0v) is 30.7. The van der Waals surface area contributed by atoms with Gasteiger partial charge in [0.2, 0.25) is 5.91 Å². The number of carbonyl (C=O) groups excluding carboxylic acids is 2. The van der Waals surface area contributed by atoms with Gasteiger partial charge in [-0.05, 0) is 95.2 Å². The molecule has 7 heteroatoms. The number of carboxylic acid groups (broad SMARTS) is 1. The van der Waals surface area contributed by atoms with Crippen molar-refractivity contribution >= 4 is 17.8 Å². The van der Waals surface area contributed by atoms with E-state index in [9.17, 15) is 19.5 Å². The van der Waals surface area contributed by atoms with Crippen LogP contribution in [0.4, 0.5) is 0 Å². The smallest absolute Gasteiger partial charge is 0.303 e. The number of carboxylic acids is 1. The molecule has 0 aliphatic heterocycles. The highest BCUT2D eigenvalue weighted by Crippen LogP contribution is 2.34. The minimum atomic E-state index is -1.09. The van der Waals surface area contributed by atoms with Gasteiger partial charge >= 0.3 is 5.97 Å². The molecule has 0 aliphatic rings. The highest BCUT2D eigenvalue weighted by molar-refractivity contribution is 5.98. The van der Waals surface area contributed by atoms with Gasteiger partial charge in [-0.3, -0.25) is 14.4 Å². The second-order valence-electron chi connectivity index (χ2n) is 15.8. The van der Waals surface area contributed by atoms with Crippen molar-refractivity contribution in [2.75, 3.05) is 0 Å². The molecule has 1 atom stereocenters. The van der Waals surface area contributed by atoms with Crippen LogP contribution in [0.25, 0.3) is 11.1 Å². The molecule has 4 rings (SSSR count). The van der Waals surface area contributed by atoms with E-state index in [1.807, 2.05) is 80.6 Å². The average molecular weight is 677 g/mol. The number of aliphatic carboxylic acids is 1. The number of rotatable bonds is 13. The maximum Gasteiger partial charge on any atom is 0.303 e. The molecule has 0 unspecified atom stereocenters. The molecule has 0 aliphatic carbocycles. The number of primary amides is 1. The van der Waals surface area contributed by atoms with Gasteiger partial charge in [-0.25, -0.2) is 0 Å². The average Bonchev–Trinajstić information content (AvgIpc) is 3.04. The first-order chi connectivity index (χ1) is 23.3. The molecule has 0 saturated heterocycles. The first-order valence-corrected chi connectivity index (χ1v) is 17.2. The Morgan fingerprint density at radius 3 is 1.72 bits per heavy atom. The van der Waals surface area contributed by atoms with Crippen LogP contribution in [0.1, 0.15) is 101 Å². The molecule has 3 N–H and O–H groups in total. The van der Waals surface area contributed by atoms with E-state index in [0.29, 0.717) is 18.6 Å². The van der Waals surface area contributed by atoms with Crippen molar-refractivity contribution in [2.24, 2.45) is 5.73 Å². The third-order valence-corrected chi connectivity index (χ3v) is 9.09. The van der Waals surface area contributed by atoms with Crippen LogP contribution < -0.4 is 10.5 Å². The Labute approximate surface area is 297 Å². The fourth-order valence-electron chi connectivity index (χ4n) is 6.13. The summed E-state index contributed by atoms with van der Waals surface area (Å²) in [5.41, 5.74) is 11.8. The lowest BCUT2D eigenvalue weighted by Gasteiger charge is -2.43. The summed E-state index contributed by atoms with van der Waals surface area (Å²) >= 11 is 0. The highest BCUT2D eigenvalue weighted by atomic mass is 16.5. The van der Waals surface area contributed by atoms with E-state index in [4.69, 9.17) is 10.5 Å². The molecule has 0 radical (unpaired) electrons. The predicted octanol–water partition coefficient (Wildman–Crippen LogP) is 8.71. The number of hydrogen-bond acceptors (Lipinski definition) is 4. The molecular formula is C43H52N2O5. The van der Waals surface area contributed by atoms with Gasteiger partial charge in [0.1, 0.15) is 18.4 Å². The van der Waals surface area contributed by atoms with E-state index in [-0.39, 0.29) is 29.6 Å². The molecule has 0 fully saturated rings. The zero-order chi connectivity index (χ0) is 36.9. The lowest BCUT2D eigenvalue weighted by Crippen LogP contribution is -2.58. The Morgan fingerprint density at radius 1 is 0.720 bits per heavy atom. The standard InChI is InChI=1S/C43H52N2O5/c1-41(2,3)34-24-35(42(4,5)6)26-36(25-34)50-28-30-14-16-31(17-15-30)32-18-20-33(21-19-32)40(49)45(37(39(44)48)22-23-38(46)47)43(7,8)27-29-12-10-9-11-13-29/h9-21,24-26,37H,22-23,27-28H2,1-8H3,(H2,44,48)(H,46,47)/t37-/m0/s1. The van der Waals surface area contributed by atoms with Gasteiger partial charge in [0, 0.05) is 17.5 Å². The van der Waals surface area contributed by atoms with Crippen molar-refractivity contribution in [1.82, 2.24) is 4.90 Å². The summed E-state index contributed by atoms with van der Waals surface area (Å²) in [5.74, 6) is -1.33. The van der Waals surface area contributed by atoms with Crippen molar-refractivity contribution in [3.63, 3.8) is 0 Å². The molecule has 264 valence electrons. The minimum Gasteiger partial charge on any atom is -0.489 e. The number of carbonyl (C=O) groups is 3. The van der Waals surface area contributed by atoms with E-state index in [2.05, 4.69) is 59.7 Å². The van der Waals surface area contributed by atoms with Gasteiger partial charge in [0.15, 0.2) is 0 Å². The van der Waals surface area contributed by atoms with Gasteiger partial charge in [0.05, 0.1) is 0 Å². The predicted molar refractivity (Wildman–Crippen MR) is 200 cm³/mol. The Morgan fingerprint density at radius 2 is 1.24 bits per heavy atom. The maximum atomic E-state index is 14.2. The van der Waals surface area contributed by atoms with Gasteiger partial charge in [-0.15, -0.1) is 0 Å². The quantitative estimate of drug-likeness (QED) is 0.147. The molecule has 0 saturated carbocycles. The fourth-order valence-corrected chi connectivity index (χ4v) is 6.13. The molecule has 4 aromatic carbocycles. The van der Waals surface area contributed by atoms with Crippen LogP contribution in [0.2, 0.25) is 0 Å². The van der Waals surface area contributed by atoms with E-state index in [0.717, 1.165) is 28.0 Å². The van der Waals surface area contributed by atoms with Crippen molar-refractivity contribution in [3.05, 3.63) is 125 Å². The van der Waals surface area contributed by atoms with Crippen LogP contribution in [-0.4, -0.2) is 39.4 Å². The van der Waals surface area contributed by atoms with E-state index >= 15 is 0 Å². The molecule has 2 amide bonds. The van der Waals surface area contributed by atoms with Gasteiger partial charge in [0.25, 0.3) is 5.91 Å². The van der Waals surface area contributed by atoms with Crippen LogP contribution in [0.3, 0.4) is 0 Å². The van der Waals surface area contributed by atoms with Crippen LogP contribution in [0.5, 0.6) is 5.75 Å². The summed E-state index contributed by atoms with van der Waals surface area (Å²) in [6.45, 7) is 17.4. The van der Waals surface area contributed by atoms with Crippen LogP contribution in [0, 0.1) is 0 Å². The Hall–Kier alpha value is -4.91. The minimum absolute atomic E-state index is 0.00172.